The van der Waals surface area contributed by atoms with Crippen LogP contribution < -0.4 is 9.80 Å². The van der Waals surface area contributed by atoms with E-state index in [1.54, 1.807) is 0 Å². The van der Waals surface area contributed by atoms with E-state index in [0.29, 0.717) is 0 Å². The number of aryl methyl sites for hydroxylation is 1. The number of fused-ring (bicyclic) bond motifs is 7. The maximum atomic E-state index is 2.51. The summed E-state index contributed by atoms with van der Waals surface area (Å²) < 4.78 is 4.99. The molecule has 0 radical (unpaired) electrons. The minimum Gasteiger partial charge on any atom is -0.345 e. The van der Waals surface area contributed by atoms with Gasteiger partial charge in [-0.3, -0.25) is 0 Å². The first-order chi connectivity index (χ1) is 39.1. The van der Waals surface area contributed by atoms with Crippen molar-refractivity contribution in [1.82, 2.24) is 9.13 Å². The van der Waals surface area contributed by atoms with Gasteiger partial charge in [-0.1, -0.05) is 193 Å². The maximum Gasteiger partial charge on any atom is 0.0582 e. The first-order valence-corrected chi connectivity index (χ1v) is 28.6. The third-order valence-electron chi connectivity index (χ3n) is 16.7. The molecule has 4 nitrogen and oxygen atoms in total. The summed E-state index contributed by atoms with van der Waals surface area (Å²) in [7, 11) is 2.20. The molecule has 0 saturated carbocycles. The van der Waals surface area contributed by atoms with Gasteiger partial charge in [0.15, 0.2) is 0 Å². The molecule has 0 saturated heterocycles. The first-order valence-electron chi connectivity index (χ1n) is 28.6. The highest BCUT2D eigenvalue weighted by atomic mass is 15.1. The number of allylic oxidation sites excluding steroid dienone is 3. The van der Waals surface area contributed by atoms with Gasteiger partial charge in [0.05, 0.1) is 22.2 Å². The van der Waals surface area contributed by atoms with Crippen LogP contribution in [0.15, 0.2) is 261 Å². The highest BCUT2D eigenvalue weighted by Crippen LogP contribution is 2.50. The minimum absolute atomic E-state index is 0.164. The van der Waals surface area contributed by atoms with Crippen molar-refractivity contribution in [2.75, 3.05) is 16.8 Å². The van der Waals surface area contributed by atoms with E-state index in [1.807, 2.05) is 13.8 Å². The Morgan fingerprint density at radius 1 is 0.400 bits per heavy atom. The van der Waals surface area contributed by atoms with Gasteiger partial charge in [-0.2, -0.15) is 0 Å². The van der Waals surface area contributed by atoms with Crippen molar-refractivity contribution in [3.05, 3.63) is 288 Å². The molecule has 4 heterocycles. The van der Waals surface area contributed by atoms with Gasteiger partial charge in [0.2, 0.25) is 0 Å². The van der Waals surface area contributed by atoms with Gasteiger partial charge in [-0.05, 0) is 173 Å². The molecule has 0 spiro atoms. The Morgan fingerprint density at radius 2 is 0.900 bits per heavy atom. The van der Waals surface area contributed by atoms with Gasteiger partial charge in [0, 0.05) is 68.5 Å². The lowest BCUT2D eigenvalue weighted by Gasteiger charge is -2.36. The number of aromatic nitrogens is 2. The van der Waals surface area contributed by atoms with Crippen LogP contribution in [0.25, 0.3) is 66.3 Å². The number of para-hydroxylation sites is 4. The fourth-order valence-corrected chi connectivity index (χ4v) is 12.6. The van der Waals surface area contributed by atoms with Crippen molar-refractivity contribution in [3.63, 3.8) is 0 Å². The quantitative estimate of drug-likeness (QED) is 0.158. The van der Waals surface area contributed by atoms with Crippen LogP contribution in [0.4, 0.5) is 22.7 Å². The van der Waals surface area contributed by atoms with Crippen LogP contribution in [0.1, 0.15) is 82.3 Å². The highest BCUT2D eigenvalue weighted by molar-refractivity contribution is 6.14. The molecular formula is C76H70N4. The second kappa shape index (κ2) is 21.3. The van der Waals surface area contributed by atoms with E-state index < -0.39 is 0 Å². The van der Waals surface area contributed by atoms with Crippen molar-refractivity contribution < 1.29 is 0 Å². The highest BCUT2D eigenvalue weighted by Gasteiger charge is 2.36. The third kappa shape index (κ3) is 8.99. The molecule has 2 aliphatic heterocycles. The van der Waals surface area contributed by atoms with Gasteiger partial charge in [-0.15, -0.1) is 0 Å². The van der Waals surface area contributed by atoms with E-state index in [9.17, 15) is 0 Å². The zero-order valence-corrected chi connectivity index (χ0v) is 47.5. The lowest BCUT2D eigenvalue weighted by Crippen LogP contribution is -2.27. The number of benzene rings is 9. The van der Waals surface area contributed by atoms with Crippen molar-refractivity contribution in [3.8, 4) is 33.6 Å². The number of anilines is 4. The zero-order chi connectivity index (χ0) is 55.1. The van der Waals surface area contributed by atoms with Crippen molar-refractivity contribution >= 4 is 55.5 Å². The lowest BCUT2D eigenvalue weighted by molar-refractivity contribution is 0.626. The Hall–Kier alpha value is -9.12. The molecule has 80 heavy (non-hydrogen) atoms. The molecule has 0 atom stereocenters. The number of hydrogen-bond acceptors (Lipinski definition) is 2. The average Bonchev–Trinajstić information content (AvgIpc) is 3.82. The molecule has 3 aliphatic rings. The van der Waals surface area contributed by atoms with Crippen LogP contribution in [-0.4, -0.2) is 16.2 Å². The SMILES string of the molecule is C1=CC(N(c2ccccc2)c2ccccc2)=CCC1.CC.Cc1ccc(N(C)c2ccc3c(c2)c2cc(-c4ccccc4)cc4c2n3-c2ccccc2C4(C)C)ccc2cc(-c3ccccc3)cc3c2n1-c1ccccc1C3(C)C. The summed E-state index contributed by atoms with van der Waals surface area (Å²) in [4.78, 5) is 4.65. The van der Waals surface area contributed by atoms with Crippen LogP contribution >= 0.6 is 0 Å². The van der Waals surface area contributed by atoms with Crippen LogP contribution in [0.3, 0.4) is 0 Å². The molecule has 11 aromatic rings. The number of nitrogens with zero attached hydrogens (tertiary/aromatic N) is 4. The van der Waals surface area contributed by atoms with E-state index in [2.05, 4.69) is 315 Å². The Balaban J connectivity index is 0.000000255. The molecule has 0 N–H and O–H groups in total. The summed E-state index contributed by atoms with van der Waals surface area (Å²) in [6.07, 6.45) is 9.01. The molecule has 1 aliphatic carbocycles. The molecule has 2 aromatic heterocycles. The standard InChI is InChI=1S/C56H47N3.C18H17N.C2H6/c1-36-25-27-42(28-26-39-31-40(37-17-9-7-10-18-37)33-48-53(39)58(36)51-23-15-13-21-46(51)55(48,2)3)57(6)43-29-30-50-44(35-43)45-32-41(38-19-11-8-12-20-38)34-49-54(45)59(50)52-24-16-14-22-47(52)56(49,4)5;1-4-10-16(11-5-1)19(17-12-6-2-7-13-17)18-14-8-3-9-15-18;1-2/h7-35H,1-6H3;1-2,4-8,10-15H,3,9H2;1-2H3. The predicted octanol–water partition coefficient (Wildman–Crippen LogP) is 20.6. The van der Waals surface area contributed by atoms with Gasteiger partial charge >= 0.3 is 0 Å². The molecule has 14 rings (SSSR count). The average molecular weight is 1040 g/mol. The Labute approximate surface area is 473 Å². The topological polar surface area (TPSA) is 16.3 Å². The summed E-state index contributed by atoms with van der Waals surface area (Å²) >= 11 is 0. The van der Waals surface area contributed by atoms with E-state index >= 15 is 0 Å². The minimum atomic E-state index is -0.191. The maximum absolute atomic E-state index is 2.51. The summed E-state index contributed by atoms with van der Waals surface area (Å²) in [6.45, 7) is 15.8. The lowest BCUT2D eigenvalue weighted by atomic mass is 9.73. The number of hydrogen-bond donors (Lipinski definition) is 0. The monoisotopic (exact) mass is 1040 g/mol. The molecule has 0 amide bonds. The van der Waals surface area contributed by atoms with E-state index in [-0.39, 0.29) is 10.8 Å². The summed E-state index contributed by atoms with van der Waals surface area (Å²) in [6, 6.07) is 86.5. The molecular weight excluding hydrogens is 969 g/mol. The Kier molecular flexibility index (Phi) is 13.7. The molecule has 394 valence electrons. The van der Waals surface area contributed by atoms with E-state index in [4.69, 9.17) is 0 Å². The van der Waals surface area contributed by atoms with E-state index in [1.165, 1.54) is 111 Å². The Bertz CT molecular complexity index is 4170. The normalized spacial score (nSPS) is 13.9. The van der Waals surface area contributed by atoms with Gasteiger partial charge in [-0.25, -0.2) is 0 Å². The fourth-order valence-electron chi connectivity index (χ4n) is 12.6. The van der Waals surface area contributed by atoms with Gasteiger partial charge < -0.3 is 18.9 Å². The van der Waals surface area contributed by atoms with Crippen molar-refractivity contribution in [1.29, 1.82) is 0 Å². The summed E-state index contributed by atoms with van der Waals surface area (Å²) in [5, 5.41) is 3.75. The predicted molar refractivity (Wildman–Crippen MR) is 342 cm³/mol. The van der Waals surface area contributed by atoms with Crippen LogP contribution in [0, 0.1) is 6.92 Å². The van der Waals surface area contributed by atoms with Crippen molar-refractivity contribution in [2.45, 2.75) is 72.1 Å². The van der Waals surface area contributed by atoms with Gasteiger partial charge in [0.25, 0.3) is 0 Å². The number of rotatable bonds is 7. The second-order valence-corrected chi connectivity index (χ2v) is 22.2. The van der Waals surface area contributed by atoms with Crippen LogP contribution in [0.5, 0.6) is 0 Å². The smallest absolute Gasteiger partial charge is 0.0582 e. The molecule has 4 heteroatoms. The zero-order valence-electron chi connectivity index (χ0n) is 47.5. The molecule has 0 bridgehead atoms. The Morgan fingerprint density at radius 3 is 1.48 bits per heavy atom. The van der Waals surface area contributed by atoms with Crippen LogP contribution in [-0.2, 0) is 10.8 Å². The van der Waals surface area contributed by atoms with Crippen LogP contribution in [0.2, 0.25) is 0 Å². The summed E-state index contributed by atoms with van der Waals surface area (Å²) in [5.41, 5.74) is 23.3. The largest absolute Gasteiger partial charge is 0.345 e. The third-order valence-corrected chi connectivity index (χ3v) is 16.7. The van der Waals surface area contributed by atoms with Gasteiger partial charge in [0.1, 0.15) is 0 Å². The summed E-state index contributed by atoms with van der Waals surface area (Å²) in [5.74, 6) is 0. The van der Waals surface area contributed by atoms with Crippen molar-refractivity contribution in [2.24, 2.45) is 0 Å². The molecule has 0 fully saturated rings. The first kappa shape index (κ1) is 51.6. The second-order valence-electron chi connectivity index (χ2n) is 22.2. The molecule has 0 unspecified atom stereocenters. The fraction of sp³-hybridized carbons (Fsp3) is 0.158. The molecule has 9 aromatic carbocycles. The van der Waals surface area contributed by atoms with E-state index in [0.717, 1.165) is 24.2 Å².